The smallest absolute Gasteiger partial charge is 0.0363 e. The van der Waals surface area contributed by atoms with Crippen molar-refractivity contribution < 1.29 is 0 Å². The second-order valence-electron chi connectivity index (χ2n) is 5.46. The molecule has 0 aromatic heterocycles. The van der Waals surface area contributed by atoms with Gasteiger partial charge in [0.15, 0.2) is 0 Å². The highest BCUT2D eigenvalue weighted by atomic mass is 15.1. The normalized spacial score (nSPS) is 14.3. The number of nitrogens with zero attached hydrogens (tertiary/aromatic N) is 1. The summed E-state index contributed by atoms with van der Waals surface area (Å²) >= 11 is 0. The maximum atomic E-state index is 5.59. The number of nitrogens with two attached hydrogens (primary N) is 1. The second-order valence-corrected chi connectivity index (χ2v) is 5.46. The van der Waals surface area contributed by atoms with Crippen molar-refractivity contribution in [1.29, 1.82) is 0 Å². The quantitative estimate of drug-likeness (QED) is 0.798. The Morgan fingerprint density at radius 1 is 1.17 bits per heavy atom. The van der Waals surface area contributed by atoms with Gasteiger partial charge in [0.05, 0.1) is 0 Å². The molecule has 0 fully saturated rings. The predicted molar refractivity (Wildman–Crippen MR) is 81.3 cm³/mol. The highest BCUT2D eigenvalue weighted by Crippen LogP contribution is 2.22. The summed E-state index contributed by atoms with van der Waals surface area (Å²) in [5.41, 5.74) is 8.33. The molecule has 2 unspecified atom stereocenters. The van der Waals surface area contributed by atoms with Gasteiger partial charge in [-0.1, -0.05) is 32.9 Å². The van der Waals surface area contributed by atoms with Crippen LogP contribution in [0, 0.1) is 5.92 Å². The van der Waals surface area contributed by atoms with Crippen molar-refractivity contribution in [2.75, 3.05) is 25.0 Å². The van der Waals surface area contributed by atoms with Crippen molar-refractivity contribution in [1.82, 2.24) is 0 Å². The molecule has 0 bridgehead atoms. The van der Waals surface area contributed by atoms with Crippen LogP contribution in [0.4, 0.5) is 5.69 Å². The Morgan fingerprint density at radius 3 is 2.28 bits per heavy atom. The zero-order chi connectivity index (χ0) is 13.5. The summed E-state index contributed by atoms with van der Waals surface area (Å²) in [6.45, 7) is 8.62. The van der Waals surface area contributed by atoms with Gasteiger partial charge < -0.3 is 10.6 Å². The first-order valence-electron chi connectivity index (χ1n) is 7.09. The summed E-state index contributed by atoms with van der Waals surface area (Å²) < 4.78 is 0. The maximum Gasteiger partial charge on any atom is 0.0363 e. The van der Waals surface area contributed by atoms with Crippen LogP contribution in [-0.2, 0) is 0 Å². The molecule has 2 heteroatoms. The molecule has 2 N–H and O–H groups in total. The van der Waals surface area contributed by atoms with Gasteiger partial charge in [0.1, 0.15) is 0 Å². The fourth-order valence-electron chi connectivity index (χ4n) is 2.24. The van der Waals surface area contributed by atoms with Crippen molar-refractivity contribution in [3.63, 3.8) is 0 Å². The SMILES string of the molecule is CCC(C)c1ccc(N(C)CC(C)CCN)cc1. The molecule has 2 nitrogen and oxygen atoms in total. The van der Waals surface area contributed by atoms with E-state index in [0.29, 0.717) is 11.8 Å². The lowest BCUT2D eigenvalue weighted by Crippen LogP contribution is -2.25. The molecule has 18 heavy (non-hydrogen) atoms. The van der Waals surface area contributed by atoms with E-state index in [-0.39, 0.29) is 0 Å². The van der Waals surface area contributed by atoms with Crippen LogP contribution in [0.5, 0.6) is 0 Å². The van der Waals surface area contributed by atoms with Crippen molar-refractivity contribution >= 4 is 5.69 Å². The molecular formula is C16H28N2. The molecule has 102 valence electrons. The third-order valence-corrected chi connectivity index (χ3v) is 3.76. The monoisotopic (exact) mass is 248 g/mol. The first-order chi connectivity index (χ1) is 8.58. The van der Waals surface area contributed by atoms with E-state index < -0.39 is 0 Å². The van der Waals surface area contributed by atoms with Gasteiger partial charge in [0.25, 0.3) is 0 Å². The first-order valence-corrected chi connectivity index (χ1v) is 7.09. The summed E-state index contributed by atoms with van der Waals surface area (Å²) in [5, 5.41) is 0. The Balaban J connectivity index is 2.61. The Bertz CT molecular complexity index is 331. The third kappa shape index (κ3) is 4.34. The fourth-order valence-corrected chi connectivity index (χ4v) is 2.24. The summed E-state index contributed by atoms with van der Waals surface area (Å²) in [4.78, 5) is 2.32. The van der Waals surface area contributed by atoms with Crippen LogP contribution in [-0.4, -0.2) is 20.1 Å². The van der Waals surface area contributed by atoms with E-state index in [1.165, 1.54) is 17.7 Å². The second kappa shape index (κ2) is 7.42. The van der Waals surface area contributed by atoms with E-state index in [0.717, 1.165) is 19.5 Å². The van der Waals surface area contributed by atoms with E-state index in [2.05, 4.69) is 57.0 Å². The van der Waals surface area contributed by atoms with Crippen LogP contribution in [0.2, 0.25) is 0 Å². The number of hydrogen-bond donors (Lipinski definition) is 1. The van der Waals surface area contributed by atoms with Crippen molar-refractivity contribution in [3.8, 4) is 0 Å². The molecular weight excluding hydrogens is 220 g/mol. The topological polar surface area (TPSA) is 29.3 Å². The van der Waals surface area contributed by atoms with Gasteiger partial charge in [-0.15, -0.1) is 0 Å². The lowest BCUT2D eigenvalue weighted by atomic mass is 9.98. The van der Waals surface area contributed by atoms with Gasteiger partial charge in [-0.25, -0.2) is 0 Å². The van der Waals surface area contributed by atoms with Crippen LogP contribution < -0.4 is 10.6 Å². The molecule has 0 aliphatic heterocycles. The van der Waals surface area contributed by atoms with Gasteiger partial charge in [0.2, 0.25) is 0 Å². The molecule has 1 aromatic carbocycles. The maximum absolute atomic E-state index is 5.59. The van der Waals surface area contributed by atoms with Gasteiger partial charge >= 0.3 is 0 Å². The third-order valence-electron chi connectivity index (χ3n) is 3.76. The van der Waals surface area contributed by atoms with Crippen molar-refractivity contribution in [2.45, 2.75) is 39.5 Å². The van der Waals surface area contributed by atoms with E-state index in [9.17, 15) is 0 Å². The Morgan fingerprint density at radius 2 is 1.78 bits per heavy atom. The molecule has 1 aromatic rings. The molecule has 1 rings (SSSR count). The first kappa shape index (κ1) is 15.0. The van der Waals surface area contributed by atoms with E-state index in [1.54, 1.807) is 0 Å². The molecule has 0 radical (unpaired) electrons. The summed E-state index contributed by atoms with van der Waals surface area (Å²) in [5.74, 6) is 1.30. The molecule has 0 saturated carbocycles. The summed E-state index contributed by atoms with van der Waals surface area (Å²) in [6.07, 6.45) is 2.29. The highest BCUT2D eigenvalue weighted by molar-refractivity contribution is 5.47. The van der Waals surface area contributed by atoms with Crippen molar-refractivity contribution in [2.24, 2.45) is 11.7 Å². The van der Waals surface area contributed by atoms with E-state index in [1.807, 2.05) is 0 Å². The standard InChI is InChI=1S/C16H28N2/c1-5-14(3)15-6-8-16(9-7-15)18(4)12-13(2)10-11-17/h6-9,13-14H,5,10-12,17H2,1-4H3. The van der Waals surface area contributed by atoms with Crippen LogP contribution in [0.15, 0.2) is 24.3 Å². The van der Waals surface area contributed by atoms with E-state index >= 15 is 0 Å². The molecule has 0 spiro atoms. The Hall–Kier alpha value is -1.02. The number of anilines is 1. The summed E-state index contributed by atoms with van der Waals surface area (Å²) in [6, 6.07) is 8.98. The molecule has 0 saturated heterocycles. The average Bonchev–Trinajstić information content (AvgIpc) is 2.38. The molecule has 0 aliphatic carbocycles. The van der Waals surface area contributed by atoms with Gasteiger partial charge in [-0.2, -0.15) is 0 Å². The minimum absolute atomic E-state index is 0.647. The fraction of sp³-hybridized carbons (Fsp3) is 0.625. The van der Waals surface area contributed by atoms with Gasteiger partial charge in [-0.3, -0.25) is 0 Å². The number of hydrogen-bond acceptors (Lipinski definition) is 2. The molecule has 0 heterocycles. The molecule has 2 atom stereocenters. The Labute approximate surface area is 112 Å². The van der Waals surface area contributed by atoms with Crippen LogP contribution in [0.3, 0.4) is 0 Å². The minimum Gasteiger partial charge on any atom is -0.374 e. The zero-order valence-corrected chi connectivity index (χ0v) is 12.3. The Kier molecular flexibility index (Phi) is 6.20. The number of benzene rings is 1. The molecule has 0 aliphatic rings. The lowest BCUT2D eigenvalue weighted by Gasteiger charge is -2.23. The number of rotatable bonds is 7. The van der Waals surface area contributed by atoms with Crippen LogP contribution in [0.25, 0.3) is 0 Å². The summed E-state index contributed by atoms with van der Waals surface area (Å²) in [7, 11) is 2.16. The zero-order valence-electron chi connectivity index (χ0n) is 12.3. The van der Waals surface area contributed by atoms with E-state index in [4.69, 9.17) is 5.73 Å². The van der Waals surface area contributed by atoms with Crippen LogP contribution >= 0.6 is 0 Å². The van der Waals surface area contributed by atoms with Gasteiger partial charge in [-0.05, 0) is 48.9 Å². The average molecular weight is 248 g/mol. The molecule has 0 amide bonds. The largest absolute Gasteiger partial charge is 0.374 e. The van der Waals surface area contributed by atoms with Crippen molar-refractivity contribution in [3.05, 3.63) is 29.8 Å². The lowest BCUT2D eigenvalue weighted by molar-refractivity contribution is 0.539. The predicted octanol–water partition coefficient (Wildman–Crippen LogP) is 3.62. The minimum atomic E-state index is 0.647. The highest BCUT2D eigenvalue weighted by Gasteiger charge is 2.08. The van der Waals surface area contributed by atoms with Crippen LogP contribution in [0.1, 0.15) is 45.1 Å². The van der Waals surface area contributed by atoms with Gasteiger partial charge in [0, 0.05) is 19.3 Å².